The normalized spacial score (nSPS) is 10.6. The van der Waals surface area contributed by atoms with Gasteiger partial charge in [0.25, 0.3) is 0 Å². The Morgan fingerprint density at radius 1 is 1.05 bits per heavy atom. The number of hydrogen-bond acceptors (Lipinski definition) is 1. The first kappa shape index (κ1) is 15.0. The molecule has 0 atom stereocenters. The fourth-order valence-electron chi connectivity index (χ4n) is 1.72. The van der Waals surface area contributed by atoms with Crippen molar-refractivity contribution in [2.75, 3.05) is 5.32 Å². The Morgan fingerprint density at radius 3 is 2.26 bits per heavy atom. The van der Waals surface area contributed by atoms with Crippen LogP contribution in [0.4, 0.5) is 10.1 Å². The molecule has 0 heterocycles. The van der Waals surface area contributed by atoms with Crippen LogP contribution in [0, 0.1) is 12.7 Å². The van der Waals surface area contributed by atoms with Gasteiger partial charge in [0.15, 0.2) is 0 Å². The van der Waals surface area contributed by atoms with Gasteiger partial charge in [-0.15, -0.1) is 0 Å². The standard InChI is InChI=1S/C14H11Br3FN/c1-8-4-11(16)14(12(17)5-8)19-7-9-2-3-10(15)6-13(9)18/h2-6,19H,7H2,1H3. The van der Waals surface area contributed by atoms with E-state index in [1.807, 2.05) is 25.1 Å². The number of rotatable bonds is 3. The second-order valence-corrected chi connectivity index (χ2v) is 6.82. The van der Waals surface area contributed by atoms with Crippen LogP contribution in [0.3, 0.4) is 0 Å². The minimum atomic E-state index is -0.221. The van der Waals surface area contributed by atoms with Gasteiger partial charge in [0.05, 0.1) is 5.69 Å². The van der Waals surface area contributed by atoms with Gasteiger partial charge in [0.1, 0.15) is 5.82 Å². The van der Waals surface area contributed by atoms with Crippen LogP contribution in [0.2, 0.25) is 0 Å². The molecule has 0 bridgehead atoms. The third-order valence-corrected chi connectivity index (χ3v) is 4.40. The van der Waals surface area contributed by atoms with Crippen LogP contribution in [-0.4, -0.2) is 0 Å². The molecule has 0 aliphatic carbocycles. The largest absolute Gasteiger partial charge is 0.379 e. The number of aryl methyl sites for hydroxylation is 1. The van der Waals surface area contributed by atoms with Crippen molar-refractivity contribution >= 4 is 53.5 Å². The number of hydrogen-bond donors (Lipinski definition) is 1. The van der Waals surface area contributed by atoms with Crippen LogP contribution < -0.4 is 5.32 Å². The zero-order chi connectivity index (χ0) is 14.0. The SMILES string of the molecule is Cc1cc(Br)c(NCc2ccc(Br)cc2F)c(Br)c1. The summed E-state index contributed by atoms with van der Waals surface area (Å²) in [4.78, 5) is 0. The van der Waals surface area contributed by atoms with Gasteiger partial charge < -0.3 is 5.32 Å². The molecule has 0 aliphatic rings. The van der Waals surface area contributed by atoms with E-state index < -0.39 is 0 Å². The van der Waals surface area contributed by atoms with E-state index in [1.54, 1.807) is 6.07 Å². The van der Waals surface area contributed by atoms with Gasteiger partial charge in [-0.25, -0.2) is 4.39 Å². The summed E-state index contributed by atoms with van der Waals surface area (Å²) in [5, 5.41) is 3.24. The summed E-state index contributed by atoms with van der Waals surface area (Å²) < 4.78 is 16.4. The van der Waals surface area contributed by atoms with E-state index >= 15 is 0 Å². The molecule has 2 aromatic rings. The first-order valence-corrected chi connectivity index (χ1v) is 7.98. The minimum absolute atomic E-state index is 0.221. The molecule has 0 aliphatic heterocycles. The minimum Gasteiger partial charge on any atom is -0.379 e. The highest BCUT2D eigenvalue weighted by Crippen LogP contribution is 2.32. The molecule has 0 amide bonds. The lowest BCUT2D eigenvalue weighted by molar-refractivity contribution is 0.612. The topological polar surface area (TPSA) is 12.0 Å². The summed E-state index contributed by atoms with van der Waals surface area (Å²) in [6.45, 7) is 2.45. The molecule has 0 radical (unpaired) electrons. The number of halogens is 4. The van der Waals surface area contributed by atoms with Crippen LogP contribution in [0.5, 0.6) is 0 Å². The molecule has 0 aromatic heterocycles. The Hall–Kier alpha value is -0.390. The highest BCUT2D eigenvalue weighted by molar-refractivity contribution is 9.11. The fraction of sp³-hybridized carbons (Fsp3) is 0.143. The molecule has 2 aromatic carbocycles. The maximum atomic E-state index is 13.7. The van der Waals surface area contributed by atoms with E-state index in [0.29, 0.717) is 12.1 Å². The van der Waals surface area contributed by atoms with Crippen LogP contribution in [-0.2, 0) is 6.54 Å². The Kier molecular flexibility index (Phi) is 5.03. The Morgan fingerprint density at radius 2 is 1.68 bits per heavy atom. The molecule has 0 unspecified atom stereocenters. The third kappa shape index (κ3) is 3.80. The van der Waals surface area contributed by atoms with Crippen LogP contribution in [0.15, 0.2) is 43.7 Å². The molecule has 100 valence electrons. The predicted octanol–water partition coefficient (Wildman–Crippen LogP) is 6.03. The lowest BCUT2D eigenvalue weighted by Crippen LogP contribution is -2.03. The average Bonchev–Trinajstić information content (AvgIpc) is 2.30. The molecule has 0 saturated carbocycles. The fourth-order valence-corrected chi connectivity index (χ4v) is 3.75. The molecular formula is C14H11Br3FN. The van der Waals surface area contributed by atoms with E-state index in [-0.39, 0.29) is 5.82 Å². The average molecular weight is 452 g/mol. The first-order valence-electron chi connectivity index (χ1n) is 5.61. The van der Waals surface area contributed by atoms with Gasteiger partial charge in [-0.3, -0.25) is 0 Å². The lowest BCUT2D eigenvalue weighted by atomic mass is 10.2. The summed E-state index contributed by atoms with van der Waals surface area (Å²) >= 11 is 10.3. The quantitative estimate of drug-likeness (QED) is 0.600. The molecule has 19 heavy (non-hydrogen) atoms. The summed E-state index contributed by atoms with van der Waals surface area (Å²) in [7, 11) is 0. The van der Waals surface area contributed by atoms with Crippen molar-refractivity contribution in [1.29, 1.82) is 0 Å². The molecule has 0 spiro atoms. The summed E-state index contributed by atoms with van der Waals surface area (Å²) in [5.74, 6) is -0.221. The Balaban J connectivity index is 2.19. The van der Waals surface area contributed by atoms with E-state index in [1.165, 1.54) is 6.07 Å². The second kappa shape index (κ2) is 6.37. The van der Waals surface area contributed by atoms with Crippen LogP contribution in [0.25, 0.3) is 0 Å². The van der Waals surface area contributed by atoms with Crippen molar-refractivity contribution in [3.05, 3.63) is 60.7 Å². The maximum Gasteiger partial charge on any atom is 0.129 e. The van der Waals surface area contributed by atoms with Gasteiger partial charge in [-0.05, 0) is 68.6 Å². The van der Waals surface area contributed by atoms with Gasteiger partial charge in [0.2, 0.25) is 0 Å². The zero-order valence-corrected chi connectivity index (χ0v) is 14.9. The molecule has 0 saturated heterocycles. The molecule has 1 N–H and O–H groups in total. The van der Waals surface area contributed by atoms with Crippen molar-refractivity contribution in [2.24, 2.45) is 0 Å². The molecule has 1 nitrogen and oxygen atoms in total. The highest BCUT2D eigenvalue weighted by Gasteiger charge is 2.08. The van der Waals surface area contributed by atoms with Crippen molar-refractivity contribution in [3.63, 3.8) is 0 Å². The van der Waals surface area contributed by atoms with Crippen LogP contribution in [0.1, 0.15) is 11.1 Å². The Bertz CT molecular complexity index is 591. The summed E-state index contributed by atoms with van der Waals surface area (Å²) in [5.41, 5.74) is 2.70. The summed E-state index contributed by atoms with van der Waals surface area (Å²) in [6.07, 6.45) is 0. The number of benzene rings is 2. The van der Waals surface area contributed by atoms with Crippen molar-refractivity contribution < 1.29 is 4.39 Å². The maximum absolute atomic E-state index is 13.7. The van der Waals surface area contributed by atoms with E-state index in [4.69, 9.17) is 0 Å². The predicted molar refractivity (Wildman–Crippen MR) is 88.0 cm³/mol. The van der Waals surface area contributed by atoms with Crippen LogP contribution >= 0.6 is 47.8 Å². The monoisotopic (exact) mass is 449 g/mol. The first-order chi connectivity index (χ1) is 8.97. The van der Waals surface area contributed by atoms with E-state index in [0.717, 1.165) is 24.7 Å². The van der Waals surface area contributed by atoms with Gasteiger partial charge in [-0.2, -0.15) is 0 Å². The van der Waals surface area contributed by atoms with E-state index in [9.17, 15) is 4.39 Å². The van der Waals surface area contributed by atoms with Gasteiger partial charge in [-0.1, -0.05) is 22.0 Å². The number of anilines is 1. The summed E-state index contributed by atoms with van der Waals surface area (Å²) in [6, 6.07) is 9.11. The smallest absolute Gasteiger partial charge is 0.129 e. The second-order valence-electron chi connectivity index (χ2n) is 4.19. The zero-order valence-electron chi connectivity index (χ0n) is 10.1. The Labute approximate surface area is 137 Å². The lowest BCUT2D eigenvalue weighted by Gasteiger charge is -2.12. The molecule has 0 fully saturated rings. The van der Waals surface area contributed by atoms with Crippen molar-refractivity contribution in [3.8, 4) is 0 Å². The molecule has 5 heteroatoms. The third-order valence-electron chi connectivity index (χ3n) is 2.66. The molecule has 2 rings (SSSR count). The van der Waals surface area contributed by atoms with Gasteiger partial charge >= 0.3 is 0 Å². The molecular weight excluding hydrogens is 441 g/mol. The van der Waals surface area contributed by atoms with Crippen molar-refractivity contribution in [2.45, 2.75) is 13.5 Å². The van der Waals surface area contributed by atoms with E-state index in [2.05, 4.69) is 53.1 Å². The van der Waals surface area contributed by atoms with Gasteiger partial charge in [0, 0.05) is 25.5 Å². The van der Waals surface area contributed by atoms with Crippen molar-refractivity contribution in [1.82, 2.24) is 0 Å². The number of nitrogens with one attached hydrogen (secondary N) is 1. The highest BCUT2D eigenvalue weighted by atomic mass is 79.9.